The number of nitrogens with one attached hydrogen (secondary N) is 1. The normalized spacial score (nSPS) is 22.7. The van der Waals surface area contributed by atoms with Crippen molar-refractivity contribution >= 4 is 26.0 Å². The first kappa shape index (κ1) is 16.9. The second kappa shape index (κ2) is 6.77. The number of hydrogen-bond donors (Lipinski definition) is 2. The first-order valence-corrected chi connectivity index (χ1v) is 9.61. The third-order valence-corrected chi connectivity index (χ3v) is 7.14. The van der Waals surface area contributed by atoms with Crippen molar-refractivity contribution in [3.05, 3.63) is 27.7 Å². The summed E-state index contributed by atoms with van der Waals surface area (Å²) in [4.78, 5) is 0.286. The van der Waals surface area contributed by atoms with E-state index < -0.39 is 10.0 Å². The van der Waals surface area contributed by atoms with Gasteiger partial charge in [-0.1, -0.05) is 25.8 Å². The van der Waals surface area contributed by atoms with Gasteiger partial charge in [0.15, 0.2) is 0 Å². The zero-order valence-electron chi connectivity index (χ0n) is 12.5. The van der Waals surface area contributed by atoms with Crippen molar-refractivity contribution in [3.63, 3.8) is 0 Å². The lowest BCUT2D eigenvalue weighted by atomic mass is 9.99. The van der Waals surface area contributed by atoms with Gasteiger partial charge in [-0.15, -0.1) is 0 Å². The second-order valence-electron chi connectivity index (χ2n) is 5.95. The van der Waals surface area contributed by atoms with E-state index in [0.717, 1.165) is 17.5 Å². The van der Waals surface area contributed by atoms with Crippen LogP contribution in [0.2, 0.25) is 0 Å². The van der Waals surface area contributed by atoms with Crippen LogP contribution in [0.3, 0.4) is 0 Å². The van der Waals surface area contributed by atoms with E-state index in [1.165, 1.54) is 12.8 Å². The molecule has 21 heavy (non-hydrogen) atoms. The predicted octanol–water partition coefficient (Wildman–Crippen LogP) is 2.93. The van der Waals surface area contributed by atoms with Crippen LogP contribution in [0.5, 0.6) is 0 Å². The Hall–Kier alpha value is -0.430. The fraction of sp³-hybridized carbons (Fsp3) is 0.600. The summed E-state index contributed by atoms with van der Waals surface area (Å²) >= 11 is 3.38. The summed E-state index contributed by atoms with van der Waals surface area (Å²) in [5, 5.41) is 0. The van der Waals surface area contributed by atoms with Crippen molar-refractivity contribution in [2.45, 2.75) is 44.6 Å². The molecule has 2 rings (SSSR count). The van der Waals surface area contributed by atoms with E-state index in [1.54, 1.807) is 6.07 Å². The molecule has 1 fully saturated rings. The molecule has 0 aromatic heterocycles. The molecule has 1 aliphatic rings. The quantitative estimate of drug-likeness (QED) is 0.831. The summed E-state index contributed by atoms with van der Waals surface area (Å²) in [6, 6.07) is 3.56. The van der Waals surface area contributed by atoms with E-state index in [2.05, 4.69) is 27.6 Å². The van der Waals surface area contributed by atoms with E-state index in [4.69, 9.17) is 5.73 Å². The highest BCUT2D eigenvalue weighted by molar-refractivity contribution is 9.10. The van der Waals surface area contributed by atoms with Crippen LogP contribution in [0.15, 0.2) is 21.5 Å². The zero-order chi connectivity index (χ0) is 15.6. The minimum atomic E-state index is -3.51. The molecule has 2 unspecified atom stereocenters. The van der Waals surface area contributed by atoms with Crippen LogP contribution in [0.25, 0.3) is 0 Å². The number of benzene rings is 1. The van der Waals surface area contributed by atoms with E-state index in [9.17, 15) is 8.42 Å². The van der Waals surface area contributed by atoms with Gasteiger partial charge in [0.05, 0.1) is 4.90 Å². The van der Waals surface area contributed by atoms with Gasteiger partial charge in [-0.2, -0.15) is 0 Å². The van der Waals surface area contributed by atoms with Gasteiger partial charge in [-0.25, -0.2) is 13.1 Å². The number of rotatable bonds is 5. The molecule has 1 aliphatic carbocycles. The molecule has 0 saturated heterocycles. The second-order valence-corrected chi connectivity index (χ2v) is 8.48. The monoisotopic (exact) mass is 374 g/mol. The lowest BCUT2D eigenvalue weighted by Crippen LogP contribution is -2.30. The average Bonchev–Trinajstić information content (AvgIpc) is 2.84. The lowest BCUT2D eigenvalue weighted by molar-refractivity contribution is 0.414. The Balaban J connectivity index is 2.21. The first-order valence-electron chi connectivity index (χ1n) is 7.34. The van der Waals surface area contributed by atoms with Crippen LogP contribution in [0, 0.1) is 18.8 Å². The molecule has 0 heterocycles. The molecular formula is C15H23BrN2O2S. The van der Waals surface area contributed by atoms with Gasteiger partial charge < -0.3 is 5.73 Å². The van der Waals surface area contributed by atoms with Gasteiger partial charge >= 0.3 is 0 Å². The van der Waals surface area contributed by atoms with E-state index in [0.29, 0.717) is 29.4 Å². The molecule has 0 aliphatic heterocycles. The van der Waals surface area contributed by atoms with Crippen LogP contribution < -0.4 is 10.5 Å². The average molecular weight is 375 g/mol. The number of hydrogen-bond acceptors (Lipinski definition) is 3. The molecule has 0 bridgehead atoms. The molecule has 1 saturated carbocycles. The number of sulfonamides is 1. The van der Waals surface area contributed by atoms with Crippen molar-refractivity contribution in [2.24, 2.45) is 17.6 Å². The van der Waals surface area contributed by atoms with Crippen LogP contribution in [0.1, 0.15) is 37.3 Å². The number of nitrogens with two attached hydrogens (primary N) is 1. The van der Waals surface area contributed by atoms with Crippen LogP contribution >= 0.6 is 15.9 Å². The molecule has 118 valence electrons. The summed E-state index contributed by atoms with van der Waals surface area (Å²) in [6.07, 6.45) is 3.49. The molecule has 4 nitrogen and oxygen atoms in total. The number of halogens is 1. The Kier molecular flexibility index (Phi) is 5.46. The van der Waals surface area contributed by atoms with Gasteiger partial charge in [-0.3, -0.25) is 0 Å². The lowest BCUT2D eigenvalue weighted by Gasteiger charge is -2.17. The summed E-state index contributed by atoms with van der Waals surface area (Å²) < 4.78 is 28.5. The largest absolute Gasteiger partial charge is 0.326 e. The molecule has 0 radical (unpaired) electrons. The molecule has 2 atom stereocenters. The van der Waals surface area contributed by atoms with Crippen molar-refractivity contribution in [1.82, 2.24) is 4.72 Å². The van der Waals surface area contributed by atoms with E-state index in [-0.39, 0.29) is 4.90 Å². The minimum absolute atomic E-state index is 0.286. The fourth-order valence-electron chi connectivity index (χ4n) is 2.94. The van der Waals surface area contributed by atoms with E-state index >= 15 is 0 Å². The summed E-state index contributed by atoms with van der Waals surface area (Å²) in [5.41, 5.74) is 7.35. The maximum atomic E-state index is 12.6. The molecule has 6 heteroatoms. The topological polar surface area (TPSA) is 72.2 Å². The highest BCUT2D eigenvalue weighted by Crippen LogP contribution is 2.31. The molecule has 1 aromatic rings. The maximum Gasteiger partial charge on any atom is 0.241 e. The minimum Gasteiger partial charge on any atom is -0.326 e. The molecule has 1 aromatic carbocycles. The zero-order valence-corrected chi connectivity index (χ0v) is 14.9. The molecule has 0 spiro atoms. The van der Waals surface area contributed by atoms with Crippen LogP contribution in [0.4, 0.5) is 0 Å². The third kappa shape index (κ3) is 3.86. The molecule has 3 N–H and O–H groups in total. The first-order chi connectivity index (χ1) is 9.85. The Bertz CT molecular complexity index is 616. The summed E-state index contributed by atoms with van der Waals surface area (Å²) in [5.74, 6) is 1.03. The van der Waals surface area contributed by atoms with Gasteiger partial charge in [0.1, 0.15) is 0 Å². The Morgan fingerprint density at radius 1 is 1.38 bits per heavy atom. The highest BCUT2D eigenvalue weighted by atomic mass is 79.9. The SMILES string of the molecule is Cc1cc(CN)cc(S(=O)(=O)NCC2CCCC2C)c1Br. The van der Waals surface area contributed by atoms with Gasteiger partial charge in [0.2, 0.25) is 10.0 Å². The smallest absolute Gasteiger partial charge is 0.241 e. The maximum absolute atomic E-state index is 12.6. The molecule has 0 amide bonds. The number of aryl methyl sites for hydroxylation is 1. The van der Waals surface area contributed by atoms with Gasteiger partial charge in [0.25, 0.3) is 0 Å². The summed E-state index contributed by atoms with van der Waals surface area (Å²) in [6.45, 7) is 4.92. The molecular weight excluding hydrogens is 352 g/mol. The van der Waals surface area contributed by atoms with E-state index in [1.807, 2.05) is 13.0 Å². The van der Waals surface area contributed by atoms with Gasteiger partial charge in [0, 0.05) is 17.6 Å². The van der Waals surface area contributed by atoms with Crippen LogP contribution in [-0.4, -0.2) is 15.0 Å². The van der Waals surface area contributed by atoms with Crippen LogP contribution in [-0.2, 0) is 16.6 Å². The fourth-order valence-corrected chi connectivity index (χ4v) is 5.10. The standard InChI is InChI=1S/C15H23BrN2O2S/c1-10-4-3-5-13(10)9-18-21(19,20)14-7-12(8-17)6-11(2)15(14)16/h6-7,10,13,18H,3-5,8-9,17H2,1-2H3. The third-order valence-electron chi connectivity index (χ3n) is 4.38. The van der Waals surface area contributed by atoms with Crippen molar-refractivity contribution in [1.29, 1.82) is 0 Å². The van der Waals surface area contributed by atoms with Gasteiger partial charge in [-0.05, 0) is 58.3 Å². The Morgan fingerprint density at radius 3 is 2.67 bits per heavy atom. The Morgan fingerprint density at radius 2 is 2.10 bits per heavy atom. The van der Waals surface area contributed by atoms with Crippen molar-refractivity contribution in [3.8, 4) is 0 Å². The summed E-state index contributed by atoms with van der Waals surface area (Å²) in [7, 11) is -3.51. The Labute approximate surface area is 135 Å². The predicted molar refractivity (Wildman–Crippen MR) is 88.5 cm³/mol. The highest BCUT2D eigenvalue weighted by Gasteiger charge is 2.26. The van der Waals surface area contributed by atoms with Crippen molar-refractivity contribution in [2.75, 3.05) is 6.54 Å². The van der Waals surface area contributed by atoms with Crippen molar-refractivity contribution < 1.29 is 8.42 Å².